The average Bonchev–Trinajstić information content (AvgIpc) is 2.60. The van der Waals surface area contributed by atoms with Gasteiger partial charge in [0.05, 0.1) is 0 Å². The number of primary sulfonamides is 1. The molecule has 6 nitrogen and oxygen atoms in total. The van der Waals surface area contributed by atoms with Crippen LogP contribution in [0.15, 0.2) is 33.9 Å². The Morgan fingerprint density at radius 2 is 2.11 bits per heavy atom. The first-order valence-electron chi connectivity index (χ1n) is 5.03. The van der Waals surface area contributed by atoms with E-state index in [1.807, 2.05) is 24.3 Å². The van der Waals surface area contributed by atoms with E-state index in [2.05, 4.69) is 26.1 Å². The summed E-state index contributed by atoms with van der Waals surface area (Å²) in [5.41, 5.74) is 1.00. The highest BCUT2D eigenvalue weighted by Gasteiger charge is 2.18. The van der Waals surface area contributed by atoms with Crippen LogP contribution in [0, 0.1) is 0 Å². The van der Waals surface area contributed by atoms with Crippen molar-refractivity contribution in [2.75, 3.05) is 0 Å². The highest BCUT2D eigenvalue weighted by Crippen LogP contribution is 2.15. The van der Waals surface area contributed by atoms with Crippen LogP contribution in [-0.2, 0) is 23.5 Å². The molecule has 8 heteroatoms. The van der Waals surface area contributed by atoms with E-state index in [4.69, 9.17) is 5.14 Å². The zero-order chi connectivity index (χ0) is 13.3. The van der Waals surface area contributed by atoms with E-state index in [0.717, 1.165) is 10.0 Å². The first-order valence-corrected chi connectivity index (χ1v) is 7.37. The maximum Gasteiger partial charge on any atom is 0.273 e. The van der Waals surface area contributed by atoms with Crippen LogP contribution in [0.1, 0.15) is 11.4 Å². The van der Waals surface area contributed by atoms with Crippen molar-refractivity contribution in [2.24, 2.45) is 12.2 Å². The highest BCUT2D eigenvalue weighted by atomic mass is 79.9. The van der Waals surface area contributed by atoms with E-state index in [1.54, 1.807) is 7.05 Å². The fraction of sp³-hybridized carbons (Fsp3) is 0.200. The van der Waals surface area contributed by atoms with Gasteiger partial charge in [-0.2, -0.15) is 0 Å². The zero-order valence-electron chi connectivity index (χ0n) is 9.54. The van der Waals surface area contributed by atoms with E-state index in [-0.39, 0.29) is 5.16 Å². The standard InChI is InChI=1S/C10H11BrN4O2S/c1-15-9(13-14-10(15)18(12,16)17)6-7-3-2-4-8(11)5-7/h2-5H,6H2,1H3,(H2,12,16,17). The lowest BCUT2D eigenvalue weighted by molar-refractivity contribution is 0.578. The Bertz CT molecular complexity index is 681. The SMILES string of the molecule is Cn1c(Cc2cccc(Br)c2)nnc1S(N)(=O)=O. The van der Waals surface area contributed by atoms with Crippen LogP contribution in [0.25, 0.3) is 0 Å². The molecule has 1 aromatic heterocycles. The van der Waals surface area contributed by atoms with E-state index in [1.165, 1.54) is 4.57 Å². The first-order chi connectivity index (χ1) is 8.38. The molecular formula is C10H11BrN4O2S. The van der Waals surface area contributed by atoms with Crippen LogP contribution < -0.4 is 5.14 Å². The summed E-state index contributed by atoms with van der Waals surface area (Å²) in [6.07, 6.45) is 0.485. The van der Waals surface area contributed by atoms with Crippen molar-refractivity contribution in [3.63, 3.8) is 0 Å². The molecule has 0 aliphatic rings. The third-order valence-electron chi connectivity index (χ3n) is 2.43. The minimum Gasteiger partial charge on any atom is -0.304 e. The third kappa shape index (κ3) is 2.77. The van der Waals surface area contributed by atoms with E-state index in [0.29, 0.717) is 12.2 Å². The van der Waals surface area contributed by atoms with Gasteiger partial charge in [0.1, 0.15) is 5.82 Å². The monoisotopic (exact) mass is 330 g/mol. The molecule has 1 aromatic carbocycles. The quantitative estimate of drug-likeness (QED) is 0.901. The summed E-state index contributed by atoms with van der Waals surface area (Å²) < 4.78 is 24.8. The molecule has 0 unspecified atom stereocenters. The van der Waals surface area contributed by atoms with Gasteiger partial charge in [-0.3, -0.25) is 0 Å². The molecule has 0 bridgehead atoms. The summed E-state index contributed by atoms with van der Waals surface area (Å²) in [6, 6.07) is 7.67. The van der Waals surface area contributed by atoms with Gasteiger partial charge in [0.15, 0.2) is 0 Å². The van der Waals surface area contributed by atoms with Gasteiger partial charge in [0, 0.05) is 17.9 Å². The number of nitrogens with zero attached hydrogens (tertiary/aromatic N) is 3. The lowest BCUT2D eigenvalue weighted by atomic mass is 10.1. The Kier molecular flexibility index (Phi) is 3.51. The summed E-state index contributed by atoms with van der Waals surface area (Å²) in [4.78, 5) is 0. The van der Waals surface area contributed by atoms with E-state index < -0.39 is 10.0 Å². The molecule has 0 atom stereocenters. The maximum atomic E-state index is 11.2. The minimum absolute atomic E-state index is 0.229. The predicted octanol–water partition coefficient (Wildman–Crippen LogP) is 0.816. The second-order valence-corrected chi connectivity index (χ2v) is 6.18. The van der Waals surface area contributed by atoms with Gasteiger partial charge in [0.2, 0.25) is 0 Å². The van der Waals surface area contributed by atoms with Crippen molar-refractivity contribution in [1.82, 2.24) is 14.8 Å². The molecule has 0 saturated heterocycles. The van der Waals surface area contributed by atoms with Crippen LogP contribution in [0.5, 0.6) is 0 Å². The first kappa shape index (κ1) is 13.2. The topological polar surface area (TPSA) is 90.9 Å². The highest BCUT2D eigenvalue weighted by molar-refractivity contribution is 9.10. The molecule has 0 aliphatic heterocycles. The summed E-state index contributed by atoms with van der Waals surface area (Å²) in [7, 11) is -2.26. The summed E-state index contributed by atoms with van der Waals surface area (Å²) in [5, 5.41) is 12.2. The maximum absolute atomic E-state index is 11.2. The second kappa shape index (κ2) is 4.79. The molecule has 0 fully saturated rings. The number of nitrogens with two attached hydrogens (primary N) is 1. The molecule has 0 amide bonds. The Morgan fingerprint density at radius 3 is 2.67 bits per heavy atom. The van der Waals surface area contributed by atoms with Crippen molar-refractivity contribution < 1.29 is 8.42 Å². The van der Waals surface area contributed by atoms with Gasteiger partial charge in [-0.15, -0.1) is 10.2 Å². The van der Waals surface area contributed by atoms with E-state index >= 15 is 0 Å². The predicted molar refractivity (Wildman–Crippen MR) is 69.3 cm³/mol. The number of benzene rings is 1. The summed E-state index contributed by atoms with van der Waals surface area (Å²) in [6.45, 7) is 0. The van der Waals surface area contributed by atoms with Crippen LogP contribution in [0.4, 0.5) is 0 Å². The molecule has 0 radical (unpaired) electrons. The summed E-state index contributed by atoms with van der Waals surface area (Å²) >= 11 is 3.37. The molecule has 1 heterocycles. The van der Waals surface area contributed by atoms with Gasteiger partial charge in [-0.1, -0.05) is 28.1 Å². The van der Waals surface area contributed by atoms with Crippen LogP contribution >= 0.6 is 15.9 Å². The number of hydrogen-bond donors (Lipinski definition) is 1. The van der Waals surface area contributed by atoms with E-state index in [9.17, 15) is 8.42 Å². The van der Waals surface area contributed by atoms with Crippen molar-refractivity contribution in [2.45, 2.75) is 11.6 Å². The minimum atomic E-state index is -3.83. The van der Waals surface area contributed by atoms with Crippen molar-refractivity contribution in [3.8, 4) is 0 Å². The van der Waals surface area contributed by atoms with Crippen molar-refractivity contribution >= 4 is 26.0 Å². The molecule has 0 aliphatic carbocycles. The van der Waals surface area contributed by atoms with Crippen molar-refractivity contribution in [1.29, 1.82) is 0 Å². The Hall–Kier alpha value is -1.25. The molecule has 2 rings (SSSR count). The fourth-order valence-corrected chi connectivity index (χ4v) is 2.66. The second-order valence-electron chi connectivity index (χ2n) is 3.81. The number of halogens is 1. The molecule has 18 heavy (non-hydrogen) atoms. The molecule has 0 spiro atoms. The normalized spacial score (nSPS) is 11.7. The van der Waals surface area contributed by atoms with Crippen molar-refractivity contribution in [3.05, 3.63) is 40.1 Å². The molecule has 2 aromatic rings. The number of hydrogen-bond acceptors (Lipinski definition) is 4. The summed E-state index contributed by atoms with van der Waals surface area (Å²) in [5.74, 6) is 0.539. The largest absolute Gasteiger partial charge is 0.304 e. The molecule has 2 N–H and O–H groups in total. The lowest BCUT2D eigenvalue weighted by Gasteiger charge is -2.03. The molecular weight excluding hydrogens is 320 g/mol. The van der Waals surface area contributed by atoms with Crippen LogP contribution in [0.3, 0.4) is 0 Å². The van der Waals surface area contributed by atoms with Gasteiger partial charge in [0.25, 0.3) is 15.2 Å². The lowest BCUT2D eigenvalue weighted by Crippen LogP contribution is -2.17. The van der Waals surface area contributed by atoms with Gasteiger partial charge < -0.3 is 4.57 Å². The van der Waals surface area contributed by atoms with Crippen LogP contribution in [-0.4, -0.2) is 23.2 Å². The van der Waals surface area contributed by atoms with Gasteiger partial charge in [-0.25, -0.2) is 13.6 Å². The Labute approximate surface area is 113 Å². The van der Waals surface area contributed by atoms with Crippen LogP contribution in [0.2, 0.25) is 0 Å². The zero-order valence-corrected chi connectivity index (χ0v) is 11.9. The van der Waals surface area contributed by atoms with Gasteiger partial charge in [-0.05, 0) is 17.7 Å². The smallest absolute Gasteiger partial charge is 0.273 e. The fourth-order valence-electron chi connectivity index (χ4n) is 1.58. The molecule has 96 valence electrons. The van der Waals surface area contributed by atoms with Gasteiger partial charge >= 0.3 is 0 Å². The Balaban J connectivity index is 2.34. The number of sulfonamides is 1. The average molecular weight is 331 g/mol. The number of rotatable bonds is 3. The third-order valence-corrected chi connectivity index (χ3v) is 3.79. The molecule has 0 saturated carbocycles. The number of aromatic nitrogens is 3. The Morgan fingerprint density at radius 1 is 1.39 bits per heavy atom.